The van der Waals surface area contributed by atoms with Gasteiger partial charge in [-0.3, -0.25) is 0 Å². The van der Waals surface area contributed by atoms with Gasteiger partial charge in [0.1, 0.15) is 11.5 Å². The van der Waals surface area contributed by atoms with E-state index < -0.39 is 0 Å². The predicted octanol–water partition coefficient (Wildman–Crippen LogP) is 3.08. The first kappa shape index (κ1) is 15.3. The van der Waals surface area contributed by atoms with Crippen LogP contribution in [0.1, 0.15) is 44.6 Å². The first-order valence-electron chi connectivity index (χ1n) is 7.09. The van der Waals surface area contributed by atoms with Crippen molar-refractivity contribution >= 4 is 0 Å². The highest BCUT2D eigenvalue weighted by Gasteiger charge is 2.11. The molecular weight excluding hydrogens is 224 g/mol. The lowest BCUT2D eigenvalue weighted by Crippen LogP contribution is -2.18. The smallest absolute Gasteiger partial charge is 0.117 e. The molecule has 1 rings (SSSR count). The first-order chi connectivity index (χ1) is 8.63. The average molecular weight is 252 g/mol. The summed E-state index contributed by atoms with van der Waals surface area (Å²) in [6.45, 7) is 9.24. The second kappa shape index (κ2) is 8.33. The molecule has 0 aromatic carbocycles. The SMILES string of the molecule is Cc1ccc(CNCCCC(CCN)C(C)C)o1. The van der Waals surface area contributed by atoms with E-state index in [2.05, 4.69) is 19.2 Å². The van der Waals surface area contributed by atoms with Crippen LogP contribution in [0, 0.1) is 18.8 Å². The van der Waals surface area contributed by atoms with Gasteiger partial charge in [-0.2, -0.15) is 0 Å². The van der Waals surface area contributed by atoms with Crippen LogP contribution in [0.4, 0.5) is 0 Å². The Hall–Kier alpha value is -0.800. The van der Waals surface area contributed by atoms with E-state index in [1.165, 1.54) is 12.8 Å². The summed E-state index contributed by atoms with van der Waals surface area (Å²) in [7, 11) is 0. The number of furan rings is 1. The molecule has 3 heteroatoms. The quantitative estimate of drug-likeness (QED) is 0.664. The van der Waals surface area contributed by atoms with Crippen molar-refractivity contribution in [2.45, 2.75) is 46.6 Å². The monoisotopic (exact) mass is 252 g/mol. The maximum atomic E-state index is 5.65. The normalized spacial score (nSPS) is 13.2. The number of rotatable bonds is 9. The van der Waals surface area contributed by atoms with E-state index in [0.717, 1.165) is 49.4 Å². The minimum Gasteiger partial charge on any atom is -0.465 e. The fourth-order valence-corrected chi connectivity index (χ4v) is 2.31. The van der Waals surface area contributed by atoms with Gasteiger partial charge in [-0.25, -0.2) is 0 Å². The molecule has 1 aromatic heterocycles. The van der Waals surface area contributed by atoms with E-state index in [4.69, 9.17) is 10.2 Å². The highest BCUT2D eigenvalue weighted by atomic mass is 16.3. The maximum absolute atomic E-state index is 5.65. The molecule has 1 atom stereocenters. The fraction of sp³-hybridized carbons (Fsp3) is 0.733. The second-order valence-electron chi connectivity index (χ2n) is 5.41. The van der Waals surface area contributed by atoms with Gasteiger partial charge in [-0.05, 0) is 63.2 Å². The summed E-state index contributed by atoms with van der Waals surface area (Å²) in [6.07, 6.45) is 3.62. The Kier molecular flexibility index (Phi) is 7.06. The second-order valence-corrected chi connectivity index (χ2v) is 5.41. The Balaban J connectivity index is 2.10. The molecule has 0 amide bonds. The van der Waals surface area contributed by atoms with Gasteiger partial charge >= 0.3 is 0 Å². The van der Waals surface area contributed by atoms with Crippen LogP contribution < -0.4 is 11.1 Å². The zero-order valence-electron chi connectivity index (χ0n) is 12.0. The average Bonchev–Trinajstić information content (AvgIpc) is 2.73. The van der Waals surface area contributed by atoms with Crippen LogP contribution >= 0.6 is 0 Å². The third-order valence-electron chi connectivity index (χ3n) is 3.50. The molecule has 0 aliphatic rings. The minimum atomic E-state index is 0.737. The lowest BCUT2D eigenvalue weighted by molar-refractivity contribution is 0.330. The first-order valence-corrected chi connectivity index (χ1v) is 7.09. The van der Waals surface area contributed by atoms with E-state index in [0.29, 0.717) is 0 Å². The molecular formula is C15H28N2O. The number of nitrogens with one attached hydrogen (secondary N) is 1. The Bertz CT molecular complexity index is 320. The summed E-state index contributed by atoms with van der Waals surface area (Å²) < 4.78 is 5.51. The molecule has 0 aliphatic carbocycles. The van der Waals surface area contributed by atoms with E-state index >= 15 is 0 Å². The molecule has 18 heavy (non-hydrogen) atoms. The van der Waals surface area contributed by atoms with Gasteiger partial charge < -0.3 is 15.5 Å². The Morgan fingerprint density at radius 1 is 1.28 bits per heavy atom. The Morgan fingerprint density at radius 2 is 2.06 bits per heavy atom. The zero-order chi connectivity index (χ0) is 13.4. The van der Waals surface area contributed by atoms with E-state index in [1.54, 1.807) is 0 Å². The van der Waals surface area contributed by atoms with E-state index in [9.17, 15) is 0 Å². The van der Waals surface area contributed by atoms with Crippen molar-refractivity contribution in [1.82, 2.24) is 5.32 Å². The third-order valence-corrected chi connectivity index (χ3v) is 3.50. The van der Waals surface area contributed by atoms with E-state index in [-0.39, 0.29) is 0 Å². The number of hydrogen-bond acceptors (Lipinski definition) is 3. The lowest BCUT2D eigenvalue weighted by Gasteiger charge is -2.19. The molecule has 0 spiro atoms. The van der Waals surface area contributed by atoms with Gasteiger partial charge in [0.25, 0.3) is 0 Å². The van der Waals surface area contributed by atoms with Crippen molar-refractivity contribution in [1.29, 1.82) is 0 Å². The van der Waals surface area contributed by atoms with Crippen LogP contribution in [-0.2, 0) is 6.54 Å². The molecule has 3 N–H and O–H groups in total. The van der Waals surface area contributed by atoms with Crippen LogP contribution in [0.3, 0.4) is 0 Å². The van der Waals surface area contributed by atoms with Crippen molar-refractivity contribution in [3.8, 4) is 0 Å². The minimum absolute atomic E-state index is 0.737. The molecule has 1 aromatic rings. The molecule has 0 bridgehead atoms. The van der Waals surface area contributed by atoms with Gasteiger partial charge in [0, 0.05) is 0 Å². The topological polar surface area (TPSA) is 51.2 Å². The summed E-state index contributed by atoms with van der Waals surface area (Å²) in [6, 6.07) is 4.04. The van der Waals surface area contributed by atoms with Crippen molar-refractivity contribution in [2.24, 2.45) is 17.6 Å². The highest BCUT2D eigenvalue weighted by molar-refractivity contribution is 5.04. The third kappa shape index (κ3) is 5.69. The Morgan fingerprint density at radius 3 is 2.61 bits per heavy atom. The summed E-state index contributed by atoms with van der Waals surface area (Å²) in [4.78, 5) is 0. The molecule has 0 radical (unpaired) electrons. The Labute approximate surface area is 111 Å². The van der Waals surface area contributed by atoms with Gasteiger partial charge in [-0.1, -0.05) is 13.8 Å². The van der Waals surface area contributed by atoms with Crippen LogP contribution in [0.2, 0.25) is 0 Å². The van der Waals surface area contributed by atoms with Crippen molar-refractivity contribution < 1.29 is 4.42 Å². The van der Waals surface area contributed by atoms with Crippen LogP contribution in [0.15, 0.2) is 16.5 Å². The number of aryl methyl sites for hydroxylation is 1. The fourth-order valence-electron chi connectivity index (χ4n) is 2.31. The lowest BCUT2D eigenvalue weighted by atomic mass is 9.88. The molecule has 0 aliphatic heterocycles. The number of hydrogen-bond donors (Lipinski definition) is 2. The summed E-state index contributed by atoms with van der Waals surface area (Å²) in [5, 5.41) is 3.43. The summed E-state index contributed by atoms with van der Waals surface area (Å²) >= 11 is 0. The molecule has 0 fully saturated rings. The van der Waals surface area contributed by atoms with Gasteiger partial charge in [0.15, 0.2) is 0 Å². The zero-order valence-corrected chi connectivity index (χ0v) is 12.0. The van der Waals surface area contributed by atoms with Crippen molar-refractivity contribution in [2.75, 3.05) is 13.1 Å². The molecule has 104 valence electrons. The largest absolute Gasteiger partial charge is 0.465 e. The molecule has 0 saturated heterocycles. The summed E-state index contributed by atoms with van der Waals surface area (Å²) in [5.41, 5.74) is 5.65. The van der Waals surface area contributed by atoms with Crippen LogP contribution in [-0.4, -0.2) is 13.1 Å². The van der Waals surface area contributed by atoms with Crippen LogP contribution in [0.25, 0.3) is 0 Å². The van der Waals surface area contributed by atoms with Gasteiger partial charge in [0.2, 0.25) is 0 Å². The van der Waals surface area contributed by atoms with Crippen LogP contribution in [0.5, 0.6) is 0 Å². The number of nitrogens with two attached hydrogens (primary N) is 1. The van der Waals surface area contributed by atoms with Crippen molar-refractivity contribution in [3.05, 3.63) is 23.7 Å². The van der Waals surface area contributed by atoms with E-state index in [1.807, 2.05) is 19.1 Å². The standard InChI is InChI=1S/C15H28N2O/c1-12(2)14(8-9-16)5-4-10-17-11-15-7-6-13(3)18-15/h6-7,12,14,17H,4-5,8-11,16H2,1-3H3. The summed E-state index contributed by atoms with van der Waals surface area (Å²) in [5.74, 6) is 3.51. The molecule has 3 nitrogen and oxygen atoms in total. The maximum Gasteiger partial charge on any atom is 0.117 e. The van der Waals surface area contributed by atoms with Crippen molar-refractivity contribution in [3.63, 3.8) is 0 Å². The highest BCUT2D eigenvalue weighted by Crippen LogP contribution is 2.19. The van der Waals surface area contributed by atoms with Gasteiger partial charge in [0.05, 0.1) is 6.54 Å². The predicted molar refractivity (Wildman–Crippen MR) is 76.4 cm³/mol. The molecule has 0 saturated carbocycles. The molecule has 1 heterocycles. The molecule has 1 unspecified atom stereocenters. The van der Waals surface area contributed by atoms with Gasteiger partial charge in [-0.15, -0.1) is 0 Å².